The standard InChI is InChI=1S/C33H50N8O9/c34-14-6-4-10-22-29(46)36-18-27(43)37-25(16-20-8-2-1-3-9-20)31(48)38-23(11-5-7-15-35)30(47)40-24(12-13-28(44)45)33(50)41-19-21(42)17-26(41)32(49)39-22/h1-3,8-9,21-26,42H,4-7,10-19,34-35H2,(H,36,46)(H,37,43)(H,38,48)(H,39,49)(H,40,47)(H,44,45)/t21-,22+,23+,24-,25+,26+/m1/s1. The van der Waals surface area contributed by atoms with Crippen LogP contribution in [-0.2, 0) is 40.0 Å². The van der Waals surface area contributed by atoms with E-state index < -0.39 is 90.7 Å². The maximum absolute atomic E-state index is 13.9. The normalized spacial score (nSPS) is 25.7. The molecule has 1 aromatic carbocycles. The maximum Gasteiger partial charge on any atom is 0.303 e. The molecule has 0 bridgehead atoms. The molecule has 0 saturated carbocycles. The fraction of sp³-hybridized carbons (Fsp3) is 0.606. The molecular weight excluding hydrogens is 652 g/mol. The number of unbranched alkanes of at least 4 members (excludes halogenated alkanes) is 2. The van der Waals surface area contributed by atoms with Crippen LogP contribution >= 0.6 is 0 Å². The third-order valence-electron chi connectivity index (χ3n) is 8.64. The summed E-state index contributed by atoms with van der Waals surface area (Å²) >= 11 is 0. The minimum absolute atomic E-state index is 0.0413. The molecule has 11 N–H and O–H groups in total. The molecule has 17 nitrogen and oxygen atoms in total. The summed E-state index contributed by atoms with van der Waals surface area (Å²) in [7, 11) is 0. The molecule has 6 atom stereocenters. The van der Waals surface area contributed by atoms with E-state index in [1.54, 1.807) is 30.3 Å². The van der Waals surface area contributed by atoms with E-state index in [1.807, 2.05) is 0 Å². The van der Waals surface area contributed by atoms with Crippen molar-refractivity contribution in [1.82, 2.24) is 31.5 Å². The van der Waals surface area contributed by atoms with Gasteiger partial charge in [0.1, 0.15) is 30.2 Å². The number of amides is 6. The summed E-state index contributed by atoms with van der Waals surface area (Å²) in [6.45, 7) is -0.156. The van der Waals surface area contributed by atoms with Crippen LogP contribution in [0.2, 0.25) is 0 Å². The molecule has 0 aliphatic carbocycles. The van der Waals surface area contributed by atoms with Gasteiger partial charge in [-0.2, -0.15) is 0 Å². The number of rotatable bonds is 13. The van der Waals surface area contributed by atoms with Crippen LogP contribution in [0.1, 0.15) is 63.4 Å². The van der Waals surface area contributed by atoms with Crippen LogP contribution < -0.4 is 38.1 Å². The number of carbonyl (C=O) groups is 7. The SMILES string of the molecule is NCCCC[C@@H]1NC(=O)[C@H](Cc2ccccc2)NC(=O)CNC(=O)[C@H](CCCCN)NC(=O)[C@@H]2C[C@@H](O)CN2C(=O)[C@@H](CCC(=O)O)NC1=O. The number of carboxylic acid groups (broad SMARTS) is 1. The van der Waals surface area contributed by atoms with Crippen LogP contribution in [0, 0.1) is 0 Å². The Morgan fingerprint density at radius 1 is 0.740 bits per heavy atom. The molecule has 17 heteroatoms. The number of aliphatic hydroxyl groups excluding tert-OH is 1. The zero-order valence-electron chi connectivity index (χ0n) is 28.1. The molecule has 276 valence electrons. The monoisotopic (exact) mass is 702 g/mol. The van der Waals surface area contributed by atoms with Crippen LogP contribution in [0.15, 0.2) is 30.3 Å². The van der Waals surface area contributed by atoms with Crippen molar-refractivity contribution in [3.63, 3.8) is 0 Å². The number of carbonyl (C=O) groups excluding carboxylic acids is 6. The highest BCUT2D eigenvalue weighted by molar-refractivity contribution is 5.98. The number of aliphatic carboxylic acids is 1. The number of carboxylic acids is 1. The van der Waals surface area contributed by atoms with Gasteiger partial charge in [-0.1, -0.05) is 30.3 Å². The Kier molecular flexibility index (Phi) is 16.1. The van der Waals surface area contributed by atoms with Gasteiger partial charge < -0.3 is 53.2 Å². The van der Waals surface area contributed by atoms with Crippen molar-refractivity contribution in [2.75, 3.05) is 26.2 Å². The Morgan fingerprint density at radius 3 is 1.94 bits per heavy atom. The van der Waals surface area contributed by atoms with Gasteiger partial charge in [-0.3, -0.25) is 33.6 Å². The second-order valence-corrected chi connectivity index (χ2v) is 12.6. The summed E-state index contributed by atoms with van der Waals surface area (Å²) < 4.78 is 0. The molecule has 0 spiro atoms. The number of hydrogen-bond donors (Lipinski definition) is 9. The number of nitrogens with two attached hydrogens (primary N) is 2. The van der Waals surface area contributed by atoms with Crippen molar-refractivity contribution >= 4 is 41.4 Å². The van der Waals surface area contributed by atoms with Gasteiger partial charge in [-0.15, -0.1) is 0 Å². The number of nitrogens with zero attached hydrogens (tertiary/aromatic N) is 1. The fourth-order valence-electron chi connectivity index (χ4n) is 5.96. The lowest BCUT2D eigenvalue weighted by molar-refractivity contribution is -0.143. The largest absolute Gasteiger partial charge is 0.481 e. The molecule has 1 aromatic rings. The molecule has 2 fully saturated rings. The highest BCUT2D eigenvalue weighted by Gasteiger charge is 2.43. The van der Waals surface area contributed by atoms with E-state index in [0.717, 1.165) is 4.90 Å². The van der Waals surface area contributed by atoms with E-state index in [9.17, 15) is 43.8 Å². The van der Waals surface area contributed by atoms with Gasteiger partial charge in [0.15, 0.2) is 0 Å². The van der Waals surface area contributed by atoms with Gasteiger partial charge in [-0.25, -0.2) is 0 Å². The first-order valence-electron chi connectivity index (χ1n) is 17.1. The highest BCUT2D eigenvalue weighted by Crippen LogP contribution is 2.21. The first-order valence-corrected chi connectivity index (χ1v) is 17.1. The lowest BCUT2D eigenvalue weighted by atomic mass is 10.0. The van der Waals surface area contributed by atoms with E-state index >= 15 is 0 Å². The van der Waals surface area contributed by atoms with E-state index in [-0.39, 0.29) is 38.6 Å². The average Bonchev–Trinajstić information content (AvgIpc) is 3.49. The van der Waals surface area contributed by atoms with Gasteiger partial charge in [0, 0.05) is 25.8 Å². The average molecular weight is 703 g/mol. The zero-order valence-corrected chi connectivity index (χ0v) is 28.1. The van der Waals surface area contributed by atoms with Crippen molar-refractivity contribution in [3.05, 3.63) is 35.9 Å². The number of nitrogens with one attached hydrogen (secondary N) is 5. The van der Waals surface area contributed by atoms with Gasteiger partial charge in [-0.05, 0) is 63.6 Å². The van der Waals surface area contributed by atoms with Gasteiger partial charge >= 0.3 is 5.97 Å². The minimum Gasteiger partial charge on any atom is -0.481 e. The van der Waals surface area contributed by atoms with Crippen molar-refractivity contribution in [1.29, 1.82) is 0 Å². The zero-order chi connectivity index (χ0) is 36.6. The van der Waals surface area contributed by atoms with E-state index in [1.165, 1.54) is 0 Å². The Bertz CT molecular complexity index is 1350. The topological polar surface area (TPSA) is 275 Å². The van der Waals surface area contributed by atoms with E-state index in [2.05, 4.69) is 26.6 Å². The molecule has 6 amide bonds. The van der Waals surface area contributed by atoms with Crippen LogP contribution in [-0.4, -0.2) is 119 Å². The predicted octanol–water partition coefficient (Wildman–Crippen LogP) is -2.62. The Hall–Kier alpha value is -4.61. The summed E-state index contributed by atoms with van der Waals surface area (Å²) in [5.74, 6) is -5.64. The minimum atomic E-state index is -1.43. The van der Waals surface area contributed by atoms with Crippen molar-refractivity contribution in [3.8, 4) is 0 Å². The number of aliphatic hydroxyl groups is 1. The van der Waals surface area contributed by atoms with Crippen LogP contribution in [0.4, 0.5) is 0 Å². The molecule has 2 saturated heterocycles. The van der Waals surface area contributed by atoms with E-state index in [0.29, 0.717) is 44.3 Å². The number of hydrogen-bond acceptors (Lipinski definition) is 10. The summed E-state index contributed by atoms with van der Waals surface area (Å²) in [6, 6.07) is 2.63. The summed E-state index contributed by atoms with van der Waals surface area (Å²) in [4.78, 5) is 94.0. The third-order valence-corrected chi connectivity index (χ3v) is 8.64. The van der Waals surface area contributed by atoms with Crippen LogP contribution in [0.5, 0.6) is 0 Å². The van der Waals surface area contributed by atoms with Crippen LogP contribution in [0.25, 0.3) is 0 Å². The predicted molar refractivity (Wildman–Crippen MR) is 180 cm³/mol. The fourth-order valence-corrected chi connectivity index (χ4v) is 5.96. The summed E-state index contributed by atoms with van der Waals surface area (Å²) in [5, 5.41) is 32.9. The van der Waals surface area contributed by atoms with Gasteiger partial charge in [0.05, 0.1) is 12.6 Å². The molecule has 2 aliphatic heterocycles. The maximum atomic E-state index is 13.9. The lowest BCUT2D eigenvalue weighted by Crippen LogP contribution is -2.60. The molecule has 0 aromatic heterocycles. The summed E-state index contributed by atoms with van der Waals surface area (Å²) in [5.41, 5.74) is 12.0. The second kappa shape index (κ2) is 20.2. The van der Waals surface area contributed by atoms with Gasteiger partial charge in [0.2, 0.25) is 35.4 Å². The summed E-state index contributed by atoms with van der Waals surface area (Å²) in [6.07, 6.45) is 0.0845. The Labute approximate surface area is 290 Å². The molecule has 3 rings (SSSR count). The van der Waals surface area contributed by atoms with Crippen molar-refractivity contribution in [2.45, 2.75) is 101 Å². The van der Waals surface area contributed by atoms with Crippen molar-refractivity contribution in [2.24, 2.45) is 11.5 Å². The molecule has 0 unspecified atom stereocenters. The number of fused-ring (bicyclic) bond motifs is 1. The first-order chi connectivity index (χ1) is 23.9. The first kappa shape index (κ1) is 39.8. The smallest absolute Gasteiger partial charge is 0.303 e. The molecule has 2 aliphatic rings. The third kappa shape index (κ3) is 12.4. The van der Waals surface area contributed by atoms with Crippen LogP contribution in [0.3, 0.4) is 0 Å². The molecule has 2 heterocycles. The molecule has 50 heavy (non-hydrogen) atoms. The highest BCUT2D eigenvalue weighted by atomic mass is 16.4. The van der Waals surface area contributed by atoms with E-state index in [4.69, 9.17) is 11.5 Å². The quantitative estimate of drug-likeness (QED) is 0.0960. The van der Waals surface area contributed by atoms with Crippen molar-refractivity contribution < 1.29 is 43.8 Å². The van der Waals surface area contributed by atoms with Gasteiger partial charge in [0.25, 0.3) is 0 Å². The molecule has 0 radical (unpaired) electrons. The number of benzene rings is 1. The lowest BCUT2D eigenvalue weighted by Gasteiger charge is -2.31. The molecular formula is C33H50N8O9. The Balaban J connectivity index is 2.02. The Morgan fingerprint density at radius 2 is 1.32 bits per heavy atom. The second-order valence-electron chi connectivity index (χ2n) is 12.6.